The second kappa shape index (κ2) is 32.4. The molecule has 0 amide bonds. The molecule has 380 valence electrons. The molecule has 21 heteroatoms. The predicted octanol–water partition coefficient (Wildman–Crippen LogP) is 4.66. The molecule has 0 saturated heterocycles. The fraction of sp³-hybridized carbons (Fsp3) is 0.733. The molecule has 0 aromatic rings. The summed E-state index contributed by atoms with van der Waals surface area (Å²) in [6.45, 7) is 2.47. The highest BCUT2D eigenvalue weighted by molar-refractivity contribution is 7.47. The fourth-order valence-electron chi connectivity index (χ4n) is 7.41. The molecule has 0 aromatic carbocycles. The Morgan fingerprint density at radius 1 is 0.848 bits per heavy atom. The number of cyclic esters (lactones) is 1. The monoisotopic (exact) mass is 982 g/mol. The molecule has 10 N–H and O–H groups in total. The van der Waals surface area contributed by atoms with Gasteiger partial charge in [0.2, 0.25) is 0 Å². The van der Waals surface area contributed by atoms with Crippen molar-refractivity contribution >= 4 is 27.6 Å². The summed E-state index contributed by atoms with van der Waals surface area (Å²) in [6, 6.07) is 0. The Kier molecular flexibility index (Phi) is 29.3. The summed E-state index contributed by atoms with van der Waals surface area (Å²) in [5, 5.41) is 79.1. The summed E-state index contributed by atoms with van der Waals surface area (Å²) < 4.78 is 51.7. The number of phosphoric ester groups is 2. The van der Waals surface area contributed by atoms with Crippen LogP contribution < -0.4 is 0 Å². The number of carbonyl (C=O) groups excluding carboxylic acids is 2. The first kappa shape index (κ1) is 59.7. The number of allylic oxidation sites excluding steroid dienone is 7. The number of aliphatic hydroxyl groups is 7. The molecule has 1 heterocycles. The molecule has 0 radical (unpaired) electrons. The smallest absolute Gasteiger partial charge is 0.462 e. The zero-order chi connectivity index (χ0) is 49.1. The lowest BCUT2D eigenvalue weighted by Gasteiger charge is -2.38. The standard InChI is InChI=1S/C45H76O19P2/c1-3-5-7-8-9-10-11-12-13-14-15-16-17-18-20-25-38(49)60-30-33-31-61-66(58,59)64-45-43(54)42(53)40(51)34(24-21-22-26-39(50)62-33)36(47)29-37(48)35(28-27-32(46)23-19-6-4-2)41(52)44(45)63-65(55,56)57/h9-10,12-13,15-16,21-22,27-28,32-37,40-48,51-54H,3-8,11,14,17-20,23-26,29-31H2,1-2H3,(H,58,59)(H2,55,56,57)/b10-9-,13-12-,16-15-,22-21-,28-27-/t32-,33-,34-,35+,36+,37-,40-,41-,42+,43-,44-,45+/m1/s1. The first-order chi connectivity index (χ1) is 31.3. The van der Waals surface area contributed by atoms with E-state index < -0.39 is 127 Å². The first-order valence-electron chi connectivity index (χ1n) is 23.1. The molecule has 1 saturated carbocycles. The number of hydrogen-bond acceptors (Lipinski definition) is 16. The predicted molar refractivity (Wildman–Crippen MR) is 243 cm³/mol. The Hall–Kier alpha value is -2.42. The normalized spacial score (nSPS) is 32.3. The average Bonchev–Trinajstić information content (AvgIpc) is 3.25. The van der Waals surface area contributed by atoms with Crippen molar-refractivity contribution in [3.63, 3.8) is 0 Å². The molecule has 2 rings (SSSR count). The van der Waals surface area contributed by atoms with E-state index in [0.29, 0.717) is 25.7 Å². The van der Waals surface area contributed by atoms with Gasteiger partial charge in [0.25, 0.3) is 0 Å². The molecule has 1 unspecified atom stereocenters. The highest BCUT2D eigenvalue weighted by atomic mass is 31.2. The van der Waals surface area contributed by atoms with Crippen molar-refractivity contribution in [2.75, 3.05) is 13.2 Å². The van der Waals surface area contributed by atoms with Gasteiger partial charge in [-0.15, -0.1) is 0 Å². The molecule has 1 aliphatic carbocycles. The minimum absolute atomic E-state index is 0.00303. The summed E-state index contributed by atoms with van der Waals surface area (Å²) in [5.41, 5.74) is 0. The van der Waals surface area contributed by atoms with Crippen molar-refractivity contribution in [1.82, 2.24) is 0 Å². The van der Waals surface area contributed by atoms with Crippen molar-refractivity contribution < 1.29 is 92.2 Å². The van der Waals surface area contributed by atoms with Crippen molar-refractivity contribution in [1.29, 1.82) is 0 Å². The Labute approximate surface area is 388 Å². The van der Waals surface area contributed by atoms with Crippen LogP contribution in [0.25, 0.3) is 0 Å². The summed E-state index contributed by atoms with van der Waals surface area (Å²) in [5.74, 6) is -4.79. The van der Waals surface area contributed by atoms with Crippen molar-refractivity contribution in [2.45, 2.75) is 184 Å². The van der Waals surface area contributed by atoms with Crippen molar-refractivity contribution in [3.8, 4) is 0 Å². The summed E-state index contributed by atoms with van der Waals surface area (Å²) in [4.78, 5) is 56.4. The second-order valence-corrected chi connectivity index (χ2v) is 19.3. The van der Waals surface area contributed by atoms with Gasteiger partial charge >= 0.3 is 27.6 Å². The van der Waals surface area contributed by atoms with E-state index in [4.69, 9.17) is 23.0 Å². The third-order valence-electron chi connectivity index (χ3n) is 11.2. The van der Waals surface area contributed by atoms with Gasteiger partial charge in [-0.05, 0) is 57.8 Å². The van der Waals surface area contributed by atoms with Gasteiger partial charge in [-0.2, -0.15) is 0 Å². The second-order valence-electron chi connectivity index (χ2n) is 16.8. The summed E-state index contributed by atoms with van der Waals surface area (Å²) >= 11 is 0. The topological polar surface area (TPSA) is 317 Å². The Bertz CT molecular complexity index is 1630. The number of aliphatic hydroxyl groups excluding tert-OH is 7. The highest BCUT2D eigenvalue weighted by Gasteiger charge is 2.51. The van der Waals surface area contributed by atoms with Crippen LogP contribution in [0.1, 0.15) is 123 Å². The third-order valence-corrected chi connectivity index (χ3v) is 12.7. The van der Waals surface area contributed by atoms with Gasteiger partial charge in [0.05, 0.1) is 43.5 Å². The third kappa shape index (κ3) is 24.2. The largest absolute Gasteiger partial charge is 0.472 e. The van der Waals surface area contributed by atoms with Crippen LogP contribution in [0.15, 0.2) is 60.8 Å². The quantitative estimate of drug-likeness (QED) is 0.0288. The molecule has 0 aromatic heterocycles. The van der Waals surface area contributed by atoms with Gasteiger partial charge < -0.3 is 59.9 Å². The van der Waals surface area contributed by atoms with Gasteiger partial charge in [-0.3, -0.25) is 23.2 Å². The first-order valence-corrected chi connectivity index (χ1v) is 26.1. The highest BCUT2D eigenvalue weighted by Crippen LogP contribution is 2.49. The molecular formula is C45H76O19P2. The molecule has 2 aliphatic rings. The maximum absolute atomic E-state index is 13.6. The van der Waals surface area contributed by atoms with Gasteiger partial charge in [0, 0.05) is 24.7 Å². The maximum Gasteiger partial charge on any atom is 0.472 e. The van der Waals surface area contributed by atoms with Crippen LogP contribution in [-0.4, -0.2) is 137 Å². The van der Waals surface area contributed by atoms with Gasteiger partial charge in [0.15, 0.2) is 6.10 Å². The summed E-state index contributed by atoms with van der Waals surface area (Å²) in [6.07, 6.45) is 5.51. The van der Waals surface area contributed by atoms with Crippen molar-refractivity contribution in [2.24, 2.45) is 11.8 Å². The fourth-order valence-corrected chi connectivity index (χ4v) is 8.94. The van der Waals surface area contributed by atoms with Crippen LogP contribution in [0.3, 0.4) is 0 Å². The number of rotatable bonds is 23. The molecule has 0 spiro atoms. The lowest BCUT2D eigenvalue weighted by Crippen LogP contribution is -2.56. The zero-order valence-corrected chi connectivity index (χ0v) is 40.0. The van der Waals surface area contributed by atoms with Crippen molar-refractivity contribution in [3.05, 3.63) is 60.8 Å². The number of hydrogen-bond donors (Lipinski definition) is 10. The number of phosphoric acid groups is 2. The number of ether oxygens (including phenoxy) is 2. The Balaban J connectivity index is 2.31. The van der Waals surface area contributed by atoms with E-state index in [-0.39, 0.29) is 19.3 Å². The van der Waals surface area contributed by atoms with Gasteiger partial charge in [0.1, 0.15) is 31.0 Å². The van der Waals surface area contributed by atoms with Crippen LogP contribution in [0.5, 0.6) is 0 Å². The Morgan fingerprint density at radius 2 is 1.47 bits per heavy atom. The molecule has 2 bridgehead atoms. The lowest BCUT2D eigenvalue weighted by molar-refractivity contribution is -0.165. The van der Waals surface area contributed by atoms with E-state index in [1.165, 1.54) is 37.5 Å². The van der Waals surface area contributed by atoms with E-state index in [9.17, 15) is 69.1 Å². The van der Waals surface area contributed by atoms with E-state index in [1.807, 2.05) is 19.1 Å². The minimum atomic E-state index is -5.76. The lowest BCUT2D eigenvalue weighted by atomic mass is 9.83. The van der Waals surface area contributed by atoms with Crippen LogP contribution in [0, 0.1) is 11.8 Å². The molecule has 1 aliphatic heterocycles. The number of esters is 2. The number of carbonyl (C=O) groups is 2. The number of unbranched alkanes of at least 4 members (excludes halogenated alkanes) is 7. The van der Waals surface area contributed by atoms with Crippen LogP contribution in [-0.2, 0) is 41.8 Å². The molecule has 1 fully saturated rings. The van der Waals surface area contributed by atoms with Gasteiger partial charge in [-0.1, -0.05) is 107 Å². The van der Waals surface area contributed by atoms with E-state index >= 15 is 0 Å². The average molecular weight is 983 g/mol. The Morgan fingerprint density at radius 3 is 2.11 bits per heavy atom. The molecule has 19 nitrogen and oxygen atoms in total. The SMILES string of the molecule is CCCCC/C=C\C/C=C\C/C=C\CCCCC(=O)OC[C@@H]1COP(=O)(O)O[C@H]2[C@H](O)[C@@H](O)[C@H](O)[C@H](C/C=C\CC(=O)O1)[C@@H](O)C[C@@H](O)[C@H](/C=C\[C@H](O)CCCCC)[C@@H](O)[C@H]2OP(=O)(O)O. The van der Waals surface area contributed by atoms with Crippen LogP contribution in [0.2, 0.25) is 0 Å². The maximum atomic E-state index is 13.6. The van der Waals surface area contributed by atoms with E-state index in [0.717, 1.165) is 38.2 Å². The molecule has 66 heavy (non-hydrogen) atoms. The zero-order valence-electron chi connectivity index (χ0n) is 38.2. The van der Waals surface area contributed by atoms with Crippen LogP contribution >= 0.6 is 15.6 Å². The van der Waals surface area contributed by atoms with E-state index in [2.05, 4.69) is 31.2 Å². The van der Waals surface area contributed by atoms with Crippen LogP contribution in [0.4, 0.5) is 0 Å². The van der Waals surface area contributed by atoms with E-state index in [1.54, 1.807) is 0 Å². The van der Waals surface area contributed by atoms with Gasteiger partial charge in [-0.25, -0.2) is 9.13 Å². The summed E-state index contributed by atoms with van der Waals surface area (Å²) in [7, 11) is -11.4. The molecule has 13 atom stereocenters. The molecular weight excluding hydrogens is 906 g/mol. The number of fused-ring (bicyclic) bond motifs is 4. The minimum Gasteiger partial charge on any atom is -0.462 e.